The first-order chi connectivity index (χ1) is 12.6. The lowest BCUT2D eigenvalue weighted by Crippen LogP contribution is -2.30. The molecule has 8 nitrogen and oxygen atoms in total. The highest BCUT2D eigenvalue weighted by Crippen LogP contribution is 2.40. The molecule has 2 aromatic rings. The van der Waals surface area contributed by atoms with Gasteiger partial charge in [0, 0.05) is 51.2 Å². The molecule has 2 fully saturated rings. The van der Waals surface area contributed by atoms with Gasteiger partial charge in [-0.15, -0.1) is 0 Å². The summed E-state index contributed by atoms with van der Waals surface area (Å²) in [5.74, 6) is 2.28. The molecule has 1 saturated carbocycles. The van der Waals surface area contributed by atoms with Crippen LogP contribution in [0.1, 0.15) is 48.4 Å². The molecule has 0 spiro atoms. The summed E-state index contributed by atoms with van der Waals surface area (Å²) in [6, 6.07) is 0. The van der Waals surface area contributed by atoms with Crippen molar-refractivity contribution in [2.24, 2.45) is 5.92 Å². The second-order valence-electron chi connectivity index (χ2n) is 7.42. The fourth-order valence-corrected chi connectivity index (χ4v) is 3.60. The Labute approximate surface area is 152 Å². The van der Waals surface area contributed by atoms with Gasteiger partial charge < -0.3 is 14.2 Å². The van der Waals surface area contributed by atoms with Crippen molar-refractivity contribution in [3.63, 3.8) is 0 Å². The number of carbonyl (C=O) groups excluding carboxylic acids is 1. The highest BCUT2D eigenvalue weighted by atomic mass is 16.5. The molecule has 0 bridgehead atoms. The van der Waals surface area contributed by atoms with Crippen LogP contribution in [0.25, 0.3) is 0 Å². The molecule has 2 aromatic heterocycles. The maximum absolute atomic E-state index is 12.7. The molecule has 4 rings (SSSR count). The zero-order valence-corrected chi connectivity index (χ0v) is 15.3. The Morgan fingerprint density at radius 1 is 1.38 bits per heavy atom. The van der Waals surface area contributed by atoms with Crippen molar-refractivity contribution in [2.45, 2.75) is 44.6 Å². The van der Waals surface area contributed by atoms with Crippen molar-refractivity contribution in [1.82, 2.24) is 24.8 Å². The number of hydrogen-bond donors (Lipinski definition) is 0. The molecule has 3 heterocycles. The zero-order valence-electron chi connectivity index (χ0n) is 15.3. The summed E-state index contributed by atoms with van der Waals surface area (Å²) in [5.41, 5.74) is 1.10. The number of amides is 1. The summed E-state index contributed by atoms with van der Waals surface area (Å²) < 4.78 is 12.7. The predicted molar refractivity (Wildman–Crippen MR) is 92.5 cm³/mol. The molecule has 1 aliphatic heterocycles. The molecule has 0 aromatic carbocycles. The molecule has 2 unspecified atom stereocenters. The van der Waals surface area contributed by atoms with Crippen LogP contribution in [0.15, 0.2) is 16.9 Å². The van der Waals surface area contributed by atoms with E-state index in [9.17, 15) is 4.79 Å². The van der Waals surface area contributed by atoms with Crippen molar-refractivity contribution in [3.05, 3.63) is 29.7 Å². The Morgan fingerprint density at radius 2 is 2.23 bits per heavy atom. The van der Waals surface area contributed by atoms with Crippen LogP contribution in [-0.4, -0.2) is 57.5 Å². The minimum atomic E-state index is 0.0471. The molecule has 140 valence electrons. The molecule has 2 aliphatic rings. The number of hydrogen-bond acceptors (Lipinski definition) is 6. The van der Waals surface area contributed by atoms with E-state index in [-0.39, 0.29) is 17.7 Å². The van der Waals surface area contributed by atoms with Crippen LogP contribution in [0.5, 0.6) is 0 Å². The first-order valence-electron chi connectivity index (χ1n) is 9.23. The van der Waals surface area contributed by atoms with E-state index in [2.05, 4.69) is 15.2 Å². The van der Waals surface area contributed by atoms with Crippen molar-refractivity contribution in [2.75, 3.05) is 26.8 Å². The van der Waals surface area contributed by atoms with Gasteiger partial charge in [-0.2, -0.15) is 10.1 Å². The molecular formula is C18H25N5O3. The Morgan fingerprint density at radius 3 is 2.92 bits per heavy atom. The van der Waals surface area contributed by atoms with Gasteiger partial charge in [-0.25, -0.2) is 0 Å². The topological polar surface area (TPSA) is 86.3 Å². The van der Waals surface area contributed by atoms with E-state index in [0.717, 1.165) is 24.2 Å². The minimum absolute atomic E-state index is 0.0471. The Balaban J connectivity index is 1.40. The fraction of sp³-hybridized carbons (Fsp3) is 0.667. The van der Waals surface area contributed by atoms with Gasteiger partial charge in [0.15, 0.2) is 5.82 Å². The second-order valence-corrected chi connectivity index (χ2v) is 7.42. The third-order valence-electron chi connectivity index (χ3n) is 5.21. The van der Waals surface area contributed by atoms with E-state index >= 15 is 0 Å². The van der Waals surface area contributed by atoms with Gasteiger partial charge in [-0.1, -0.05) is 5.16 Å². The summed E-state index contributed by atoms with van der Waals surface area (Å²) in [6.45, 7) is 4.43. The van der Waals surface area contributed by atoms with Crippen molar-refractivity contribution in [3.8, 4) is 0 Å². The zero-order chi connectivity index (χ0) is 18.1. The number of rotatable bonds is 7. The lowest BCUT2D eigenvalue weighted by Gasteiger charge is -2.16. The van der Waals surface area contributed by atoms with Gasteiger partial charge in [0.2, 0.25) is 11.8 Å². The summed E-state index contributed by atoms with van der Waals surface area (Å²) >= 11 is 0. The fourth-order valence-electron chi connectivity index (χ4n) is 3.60. The average Bonchev–Trinajstić information content (AvgIpc) is 3.04. The number of ether oxygens (including phenoxy) is 1. The standard InChI is InChI=1S/C18H25N5O3/c1-12-7-19-23(8-12)6-5-16(24)22-9-14(11-25-2)15(10-22)18-20-17(21-26-18)13-3-4-13/h7-8,13-15H,3-6,9-11H2,1-2H3. The molecule has 0 N–H and O–H groups in total. The van der Waals surface area contributed by atoms with Crippen LogP contribution in [0.2, 0.25) is 0 Å². The Kier molecular flexibility index (Phi) is 4.76. The molecule has 1 amide bonds. The normalized spacial score (nSPS) is 22.9. The smallest absolute Gasteiger partial charge is 0.231 e. The van der Waals surface area contributed by atoms with Crippen LogP contribution in [0.4, 0.5) is 0 Å². The number of carbonyl (C=O) groups is 1. The molecule has 0 radical (unpaired) electrons. The van der Waals surface area contributed by atoms with Gasteiger partial charge in [-0.3, -0.25) is 9.48 Å². The number of aryl methyl sites for hydroxylation is 2. The Hall–Kier alpha value is -2.22. The van der Waals surface area contributed by atoms with Crippen LogP contribution in [-0.2, 0) is 16.1 Å². The highest BCUT2D eigenvalue weighted by molar-refractivity contribution is 5.76. The van der Waals surface area contributed by atoms with E-state index in [1.807, 2.05) is 22.7 Å². The second kappa shape index (κ2) is 7.19. The summed E-state index contributed by atoms with van der Waals surface area (Å²) in [4.78, 5) is 19.1. The largest absolute Gasteiger partial charge is 0.384 e. The summed E-state index contributed by atoms with van der Waals surface area (Å²) in [6.07, 6.45) is 6.47. The van der Waals surface area contributed by atoms with Crippen molar-refractivity contribution in [1.29, 1.82) is 0 Å². The van der Waals surface area contributed by atoms with Crippen LogP contribution >= 0.6 is 0 Å². The van der Waals surface area contributed by atoms with Gasteiger partial charge in [0.25, 0.3) is 0 Å². The average molecular weight is 359 g/mol. The van der Waals surface area contributed by atoms with Gasteiger partial charge in [-0.05, 0) is 25.3 Å². The summed E-state index contributed by atoms with van der Waals surface area (Å²) in [5, 5.41) is 8.36. The third kappa shape index (κ3) is 3.65. The van der Waals surface area contributed by atoms with E-state index in [4.69, 9.17) is 9.26 Å². The van der Waals surface area contributed by atoms with Crippen molar-refractivity contribution >= 4 is 5.91 Å². The van der Waals surface area contributed by atoms with Crippen molar-refractivity contribution < 1.29 is 14.1 Å². The SMILES string of the molecule is COCC1CN(C(=O)CCn2cc(C)cn2)CC1c1nc(C2CC2)no1. The van der Waals surface area contributed by atoms with Crippen LogP contribution < -0.4 is 0 Å². The first-order valence-corrected chi connectivity index (χ1v) is 9.23. The van der Waals surface area contributed by atoms with Gasteiger partial charge in [0.1, 0.15) is 0 Å². The molecule has 1 saturated heterocycles. The molecule has 1 aliphatic carbocycles. The minimum Gasteiger partial charge on any atom is -0.384 e. The number of nitrogens with zero attached hydrogens (tertiary/aromatic N) is 5. The van der Waals surface area contributed by atoms with E-state index < -0.39 is 0 Å². The number of methoxy groups -OCH3 is 1. The maximum Gasteiger partial charge on any atom is 0.231 e. The highest BCUT2D eigenvalue weighted by Gasteiger charge is 2.40. The van der Waals surface area contributed by atoms with Gasteiger partial charge in [0.05, 0.1) is 18.7 Å². The van der Waals surface area contributed by atoms with E-state index in [1.54, 1.807) is 13.3 Å². The Bertz CT molecular complexity index is 766. The van der Waals surface area contributed by atoms with E-state index in [1.165, 1.54) is 0 Å². The molecular weight excluding hydrogens is 334 g/mol. The molecule has 8 heteroatoms. The predicted octanol–water partition coefficient (Wildman–Crippen LogP) is 1.73. The first kappa shape index (κ1) is 17.2. The van der Waals surface area contributed by atoms with E-state index in [0.29, 0.717) is 44.5 Å². The lowest BCUT2D eigenvalue weighted by atomic mass is 9.97. The number of aromatic nitrogens is 4. The number of likely N-dealkylation sites (tertiary alicyclic amines) is 1. The molecule has 26 heavy (non-hydrogen) atoms. The van der Waals surface area contributed by atoms with Crippen LogP contribution in [0, 0.1) is 12.8 Å². The van der Waals surface area contributed by atoms with Gasteiger partial charge >= 0.3 is 0 Å². The summed E-state index contributed by atoms with van der Waals surface area (Å²) in [7, 11) is 1.69. The molecule has 2 atom stereocenters. The third-order valence-corrected chi connectivity index (χ3v) is 5.21. The lowest BCUT2D eigenvalue weighted by molar-refractivity contribution is -0.130. The monoisotopic (exact) mass is 359 g/mol. The maximum atomic E-state index is 12.7. The quantitative estimate of drug-likeness (QED) is 0.748. The van der Waals surface area contributed by atoms with Crippen LogP contribution in [0.3, 0.4) is 0 Å².